The SMILES string of the molecule is [2H][N+]1=CN([C@@H]2O[C@H](CO)[C@@H](O)[C@H]2O)C2=NC=NC(=N)C21[2H]. The molecule has 0 aromatic rings. The summed E-state index contributed by atoms with van der Waals surface area (Å²) in [5.41, 5.74) is 0. The molecule has 0 saturated carbocycles. The van der Waals surface area contributed by atoms with Crippen LogP contribution in [0.15, 0.2) is 9.98 Å². The third-order valence-corrected chi connectivity index (χ3v) is 3.15. The Morgan fingerprint density at radius 2 is 2.37 bits per heavy atom. The zero-order chi connectivity index (χ0) is 15.4. The van der Waals surface area contributed by atoms with Gasteiger partial charge in [-0.3, -0.25) is 10.4 Å². The fourth-order valence-electron chi connectivity index (χ4n) is 2.15. The van der Waals surface area contributed by atoms with Gasteiger partial charge in [0.05, 0.1) is 7.98 Å². The second kappa shape index (κ2) is 4.46. The molecule has 1 fully saturated rings. The summed E-state index contributed by atoms with van der Waals surface area (Å²) in [6.07, 6.45) is -2.54. The number of rotatable bonds is 2. The van der Waals surface area contributed by atoms with E-state index in [0.717, 1.165) is 12.7 Å². The molecule has 1 unspecified atom stereocenters. The molecular formula is C10H14N5O4+. The lowest BCUT2D eigenvalue weighted by Gasteiger charge is -2.20. The van der Waals surface area contributed by atoms with E-state index in [1.807, 2.05) is 0 Å². The van der Waals surface area contributed by atoms with E-state index in [0.29, 0.717) is 4.99 Å². The zero-order valence-corrected chi connectivity index (χ0v) is 9.71. The average molecular weight is 270 g/mol. The molecule has 0 amide bonds. The first-order valence-corrected chi connectivity index (χ1v) is 5.65. The number of hydrogen-bond acceptors (Lipinski definition) is 7. The average Bonchev–Trinajstić information content (AvgIpc) is 2.89. The maximum Gasteiger partial charge on any atom is 0.305 e. The Morgan fingerprint density at radius 3 is 3.05 bits per heavy atom. The molecule has 3 heterocycles. The van der Waals surface area contributed by atoms with Crippen LogP contribution in [0.4, 0.5) is 0 Å². The standard InChI is InChI=1S/C10H13N5O4/c11-8-5-9(13-2-12-8)15(3-14-5)10-7(18)6(17)4(1-16)19-10/h2-7,10-11,16-18H,1H2/p+1/t4-,5?,6-,7-,10-/m1/s1/i5D/hD. The summed E-state index contributed by atoms with van der Waals surface area (Å²) >= 11 is 0. The number of aliphatic hydroxyl groups is 3. The number of aliphatic imine (C=N–C) groups is 2. The van der Waals surface area contributed by atoms with Crippen molar-refractivity contribution in [2.24, 2.45) is 9.98 Å². The molecule has 0 bridgehead atoms. The molecule has 0 spiro atoms. The van der Waals surface area contributed by atoms with Crippen molar-refractivity contribution in [3.8, 4) is 0 Å². The van der Waals surface area contributed by atoms with E-state index < -0.39 is 43.0 Å². The summed E-state index contributed by atoms with van der Waals surface area (Å²) in [6.45, 7) is -0.483. The maximum absolute atomic E-state index is 10.0. The monoisotopic (exact) mass is 270 g/mol. The summed E-state index contributed by atoms with van der Waals surface area (Å²) in [6, 6.07) is -1.93. The topological polar surface area (TPSA) is 136 Å². The summed E-state index contributed by atoms with van der Waals surface area (Å²) in [5.74, 6) is -0.430. The number of nitrogens with zero attached hydrogens (tertiary/aromatic N) is 3. The van der Waals surface area contributed by atoms with Gasteiger partial charge < -0.3 is 20.1 Å². The molecule has 0 aliphatic carbocycles. The molecule has 3 rings (SSSR count). The summed E-state index contributed by atoms with van der Waals surface area (Å²) in [5, 5.41) is 36.6. The Kier molecular flexibility index (Phi) is 2.38. The summed E-state index contributed by atoms with van der Waals surface area (Å²) in [7, 11) is 0. The number of nitrogens with one attached hydrogen (secondary N) is 2. The molecule has 102 valence electrons. The first-order valence-electron chi connectivity index (χ1n) is 6.59. The Bertz CT molecular complexity index is 582. The van der Waals surface area contributed by atoms with E-state index in [2.05, 4.69) is 9.98 Å². The van der Waals surface area contributed by atoms with E-state index in [1.165, 1.54) is 4.90 Å². The van der Waals surface area contributed by atoms with Crippen LogP contribution in [0.5, 0.6) is 0 Å². The molecule has 3 aliphatic rings. The van der Waals surface area contributed by atoms with Gasteiger partial charge in [0.1, 0.15) is 24.7 Å². The Morgan fingerprint density at radius 1 is 1.58 bits per heavy atom. The van der Waals surface area contributed by atoms with Crippen molar-refractivity contribution in [1.82, 2.24) is 4.90 Å². The van der Waals surface area contributed by atoms with Crippen molar-refractivity contribution in [3.63, 3.8) is 0 Å². The van der Waals surface area contributed by atoms with Crippen molar-refractivity contribution in [2.45, 2.75) is 30.6 Å². The fourth-order valence-corrected chi connectivity index (χ4v) is 2.15. The van der Waals surface area contributed by atoms with Crippen molar-refractivity contribution in [3.05, 3.63) is 0 Å². The van der Waals surface area contributed by atoms with Gasteiger partial charge in [-0.1, -0.05) is 0 Å². The molecule has 5 atom stereocenters. The van der Waals surface area contributed by atoms with Crippen molar-refractivity contribution >= 4 is 24.3 Å². The number of aliphatic hydroxyl groups excluding tert-OH is 3. The molecule has 0 aromatic heterocycles. The van der Waals surface area contributed by atoms with Gasteiger partial charge in [0.25, 0.3) is 5.84 Å². The molecule has 9 nitrogen and oxygen atoms in total. The van der Waals surface area contributed by atoms with E-state index >= 15 is 0 Å². The number of hydrogen-bond donors (Lipinski definition) is 5. The number of fused-ring (bicyclic) bond motifs is 1. The van der Waals surface area contributed by atoms with Crippen LogP contribution in [0.25, 0.3) is 0 Å². The van der Waals surface area contributed by atoms with Crippen LogP contribution >= 0.6 is 0 Å². The molecule has 5 N–H and O–H groups in total. The first kappa shape index (κ1) is 10.1. The van der Waals surface area contributed by atoms with Crippen molar-refractivity contribution in [2.75, 3.05) is 6.61 Å². The Hall–Kier alpha value is -1.68. The minimum absolute atomic E-state index is 0.0349. The normalized spacial score (nSPS) is 46.7. The van der Waals surface area contributed by atoms with Crippen LogP contribution in [0, 0.1) is 5.41 Å². The highest BCUT2D eigenvalue weighted by Crippen LogP contribution is 2.24. The molecular weight excluding hydrogens is 254 g/mol. The quantitative estimate of drug-likeness (QED) is 0.345. The van der Waals surface area contributed by atoms with Crippen LogP contribution in [0.1, 0.15) is 1.37 Å². The van der Waals surface area contributed by atoms with Crippen LogP contribution in [0.2, 0.25) is 1.41 Å². The van der Waals surface area contributed by atoms with Crippen LogP contribution in [0.3, 0.4) is 0 Å². The first-order chi connectivity index (χ1) is 9.91. The molecule has 0 radical (unpaired) electrons. The highest BCUT2D eigenvalue weighted by molar-refractivity contribution is 6.17. The predicted octanol–water partition coefficient (Wildman–Crippen LogP) is -4.36. The lowest BCUT2D eigenvalue weighted by molar-refractivity contribution is -0.453. The zero-order valence-electron chi connectivity index (χ0n) is 11.7. The molecule has 1 saturated heterocycles. The van der Waals surface area contributed by atoms with Crippen LogP contribution in [-0.2, 0) is 4.74 Å². The highest BCUT2D eigenvalue weighted by Gasteiger charge is 2.53. The fraction of sp³-hybridized carbons (Fsp3) is 0.600. The lowest BCUT2D eigenvalue weighted by atomic mass is 10.1. The highest BCUT2D eigenvalue weighted by atomic mass is 16.6. The van der Waals surface area contributed by atoms with E-state index in [4.69, 9.17) is 18.0 Å². The lowest BCUT2D eigenvalue weighted by Crippen LogP contribution is -2.77. The van der Waals surface area contributed by atoms with E-state index in [1.54, 1.807) is 0 Å². The second-order valence-electron chi connectivity index (χ2n) is 4.28. The second-order valence-corrected chi connectivity index (χ2v) is 4.28. The van der Waals surface area contributed by atoms with Gasteiger partial charge >= 0.3 is 1.41 Å². The number of amidine groups is 2. The smallest absolute Gasteiger partial charge is 0.305 e. The minimum Gasteiger partial charge on any atom is -0.394 e. The molecule has 3 aliphatic heterocycles. The molecule has 19 heavy (non-hydrogen) atoms. The summed E-state index contributed by atoms with van der Waals surface area (Å²) < 4.78 is 21.3. The summed E-state index contributed by atoms with van der Waals surface area (Å²) in [4.78, 5) is 9.36. The van der Waals surface area contributed by atoms with Gasteiger partial charge in [-0.25, -0.2) is 4.99 Å². The van der Waals surface area contributed by atoms with Gasteiger partial charge in [0.2, 0.25) is 18.6 Å². The predicted molar refractivity (Wildman–Crippen MR) is 64.1 cm³/mol. The third kappa shape index (κ3) is 1.78. The maximum atomic E-state index is 10.0. The van der Waals surface area contributed by atoms with Gasteiger partial charge in [-0.2, -0.15) is 9.89 Å². The Labute approximate surface area is 111 Å². The van der Waals surface area contributed by atoms with Gasteiger partial charge in [-0.05, 0) is 0 Å². The molecule has 0 aromatic carbocycles. The van der Waals surface area contributed by atoms with Gasteiger partial charge in [0, 0.05) is 0 Å². The van der Waals surface area contributed by atoms with Crippen LogP contribution in [-0.4, -0.2) is 81.7 Å². The van der Waals surface area contributed by atoms with E-state index in [9.17, 15) is 10.2 Å². The van der Waals surface area contributed by atoms with Crippen molar-refractivity contribution < 1.29 is 27.8 Å². The molecule has 9 heteroatoms. The largest absolute Gasteiger partial charge is 0.394 e. The van der Waals surface area contributed by atoms with E-state index in [-0.39, 0.29) is 5.84 Å². The van der Waals surface area contributed by atoms with Crippen LogP contribution < -0.4 is 4.99 Å². The van der Waals surface area contributed by atoms with Crippen molar-refractivity contribution in [1.29, 1.82) is 5.41 Å². The van der Waals surface area contributed by atoms with Gasteiger partial charge in [-0.15, -0.1) is 0 Å². The third-order valence-electron chi connectivity index (χ3n) is 3.15. The minimum atomic E-state index is -1.93. The number of ether oxygens (including phenoxy) is 1. The Balaban J connectivity index is 1.96. The van der Waals surface area contributed by atoms with Gasteiger partial charge in [0.15, 0.2) is 5.84 Å².